The van der Waals surface area contributed by atoms with Gasteiger partial charge >= 0.3 is 6.01 Å². The van der Waals surface area contributed by atoms with E-state index in [0.717, 1.165) is 24.8 Å². The average molecular weight is 444 g/mol. The molecule has 0 radical (unpaired) electrons. The van der Waals surface area contributed by atoms with Gasteiger partial charge in [0.2, 0.25) is 11.7 Å². The fraction of sp³-hybridized carbons (Fsp3) is 0.462. The summed E-state index contributed by atoms with van der Waals surface area (Å²) in [7, 11) is 0. The van der Waals surface area contributed by atoms with Crippen LogP contribution in [0.25, 0.3) is 11.4 Å². The van der Waals surface area contributed by atoms with Gasteiger partial charge < -0.3 is 4.52 Å². The predicted octanol–water partition coefficient (Wildman–Crippen LogP) is 4.73. The third-order valence-corrected chi connectivity index (χ3v) is 8.29. The van der Waals surface area contributed by atoms with Gasteiger partial charge in [-0.3, -0.25) is 15.2 Å². The van der Waals surface area contributed by atoms with Gasteiger partial charge in [0.1, 0.15) is 0 Å². The number of rotatable bonds is 5. The average Bonchev–Trinajstić information content (AvgIpc) is 3.28. The highest BCUT2D eigenvalue weighted by atomic mass is 16.5. The van der Waals surface area contributed by atoms with Crippen LogP contribution in [0.15, 0.2) is 47.2 Å². The second-order valence-corrected chi connectivity index (χ2v) is 10.6. The SMILES string of the molecule is Cc1ccc(C23CC4CC(CC(C(=O)NNc5nc(-c6cccnc6)no5)(C4)C2)C3)cc1C. The maximum absolute atomic E-state index is 13.6. The third-order valence-electron chi connectivity index (χ3n) is 8.29. The minimum atomic E-state index is -0.345. The number of pyridine rings is 1. The first kappa shape index (κ1) is 20.4. The largest absolute Gasteiger partial charge is 0.340 e. The lowest BCUT2D eigenvalue weighted by atomic mass is 9.42. The molecule has 7 heteroatoms. The number of aryl methyl sites for hydroxylation is 2. The lowest BCUT2D eigenvalue weighted by Gasteiger charge is -2.61. The van der Waals surface area contributed by atoms with Crippen molar-refractivity contribution in [3.05, 3.63) is 59.4 Å². The first-order valence-electron chi connectivity index (χ1n) is 11.8. The van der Waals surface area contributed by atoms with Crippen molar-refractivity contribution in [2.24, 2.45) is 17.3 Å². The Morgan fingerprint density at radius 1 is 1.09 bits per heavy atom. The molecule has 3 aromatic rings. The summed E-state index contributed by atoms with van der Waals surface area (Å²) >= 11 is 0. The molecular weight excluding hydrogens is 414 g/mol. The van der Waals surface area contributed by atoms with Crippen LogP contribution in [0.4, 0.5) is 6.01 Å². The highest BCUT2D eigenvalue weighted by Gasteiger charge is 2.61. The number of anilines is 1. The van der Waals surface area contributed by atoms with E-state index in [9.17, 15) is 4.79 Å². The Morgan fingerprint density at radius 2 is 1.91 bits per heavy atom. The molecule has 4 saturated carbocycles. The summed E-state index contributed by atoms with van der Waals surface area (Å²) in [5.41, 5.74) is 10.4. The standard InChI is InChI=1S/C26H29N5O2/c1-16-5-6-21(8-17(16)2)25-10-18-9-19(11-25)13-26(12-18,15-25)23(32)29-30-24-28-22(31-33-24)20-4-3-7-27-14-20/h3-8,14,18-19H,9-13,15H2,1-2H3,(H,29,32)(H,28,30,31). The van der Waals surface area contributed by atoms with Crippen LogP contribution in [0.2, 0.25) is 0 Å². The van der Waals surface area contributed by atoms with Gasteiger partial charge in [-0.1, -0.05) is 23.4 Å². The Balaban J connectivity index is 1.21. The lowest BCUT2D eigenvalue weighted by Crippen LogP contribution is -2.59. The zero-order valence-corrected chi connectivity index (χ0v) is 19.1. The first-order valence-corrected chi connectivity index (χ1v) is 11.8. The molecule has 7 nitrogen and oxygen atoms in total. The van der Waals surface area contributed by atoms with E-state index >= 15 is 0 Å². The molecule has 0 spiro atoms. The van der Waals surface area contributed by atoms with E-state index in [1.807, 2.05) is 12.1 Å². The van der Waals surface area contributed by atoms with Crippen molar-refractivity contribution < 1.29 is 9.32 Å². The highest BCUT2D eigenvalue weighted by Crippen LogP contribution is 2.65. The first-order chi connectivity index (χ1) is 15.9. The van der Waals surface area contributed by atoms with Crippen molar-refractivity contribution in [2.75, 3.05) is 5.43 Å². The Kier molecular flexibility index (Phi) is 4.57. The van der Waals surface area contributed by atoms with Crippen molar-refractivity contribution in [1.82, 2.24) is 20.6 Å². The molecular formula is C26H29N5O2. The van der Waals surface area contributed by atoms with Gasteiger partial charge in [0.15, 0.2) is 0 Å². The number of hydrazine groups is 1. The number of carbonyl (C=O) groups excluding carboxylic acids is 1. The fourth-order valence-corrected chi connectivity index (χ4v) is 7.07. The van der Waals surface area contributed by atoms with E-state index in [2.05, 4.69) is 58.0 Å². The number of amides is 1. The molecule has 2 atom stereocenters. The Labute approximate surface area is 193 Å². The van der Waals surface area contributed by atoms with Crippen LogP contribution >= 0.6 is 0 Å². The number of carbonyl (C=O) groups is 1. The van der Waals surface area contributed by atoms with Crippen molar-refractivity contribution in [1.29, 1.82) is 0 Å². The summed E-state index contributed by atoms with van der Waals surface area (Å²) in [6.07, 6.45) is 9.87. The highest BCUT2D eigenvalue weighted by molar-refractivity contribution is 5.84. The van der Waals surface area contributed by atoms with Crippen LogP contribution in [0.1, 0.15) is 55.2 Å². The maximum Gasteiger partial charge on any atom is 0.340 e. The fourth-order valence-electron chi connectivity index (χ4n) is 7.07. The van der Waals surface area contributed by atoms with Crippen molar-refractivity contribution in [3.63, 3.8) is 0 Å². The zero-order valence-electron chi connectivity index (χ0n) is 19.1. The topological polar surface area (TPSA) is 92.9 Å². The van der Waals surface area contributed by atoms with Gasteiger partial charge in [-0.15, -0.1) is 0 Å². The van der Waals surface area contributed by atoms with Crippen LogP contribution in [0.5, 0.6) is 0 Å². The zero-order chi connectivity index (χ0) is 22.6. The molecule has 33 heavy (non-hydrogen) atoms. The minimum Gasteiger partial charge on any atom is -0.313 e. The van der Waals surface area contributed by atoms with Gasteiger partial charge in [-0.2, -0.15) is 4.98 Å². The summed E-state index contributed by atoms with van der Waals surface area (Å²) in [5, 5.41) is 3.98. The second-order valence-electron chi connectivity index (χ2n) is 10.6. The summed E-state index contributed by atoms with van der Waals surface area (Å²) < 4.78 is 5.29. The van der Waals surface area contributed by atoms with E-state index in [0.29, 0.717) is 17.7 Å². The monoisotopic (exact) mass is 443 g/mol. The summed E-state index contributed by atoms with van der Waals surface area (Å²) in [6, 6.07) is 10.8. The van der Waals surface area contributed by atoms with Crippen LogP contribution < -0.4 is 10.9 Å². The number of aromatic nitrogens is 3. The molecule has 4 bridgehead atoms. The summed E-state index contributed by atoms with van der Waals surface area (Å²) in [5.74, 6) is 1.70. The normalized spacial score (nSPS) is 29.8. The Morgan fingerprint density at radius 3 is 2.64 bits per heavy atom. The molecule has 2 N–H and O–H groups in total. The van der Waals surface area contributed by atoms with Crippen molar-refractivity contribution in [2.45, 2.75) is 57.8 Å². The van der Waals surface area contributed by atoms with E-state index in [1.54, 1.807) is 12.4 Å². The van der Waals surface area contributed by atoms with E-state index in [4.69, 9.17) is 4.52 Å². The van der Waals surface area contributed by atoms with Crippen LogP contribution in [0, 0.1) is 31.1 Å². The Bertz CT molecular complexity index is 1190. The summed E-state index contributed by atoms with van der Waals surface area (Å²) in [6.45, 7) is 4.35. The molecule has 1 amide bonds. The van der Waals surface area contributed by atoms with Crippen LogP contribution in [-0.4, -0.2) is 21.0 Å². The van der Waals surface area contributed by atoms with E-state index < -0.39 is 0 Å². The smallest absolute Gasteiger partial charge is 0.313 e. The lowest BCUT2D eigenvalue weighted by molar-refractivity contribution is -0.148. The maximum atomic E-state index is 13.6. The number of hydrogen-bond donors (Lipinski definition) is 2. The molecule has 2 unspecified atom stereocenters. The molecule has 0 saturated heterocycles. The van der Waals surface area contributed by atoms with Crippen molar-refractivity contribution >= 4 is 11.9 Å². The summed E-state index contributed by atoms with van der Waals surface area (Å²) in [4.78, 5) is 22.0. The second kappa shape index (κ2) is 7.40. The molecule has 4 aliphatic carbocycles. The van der Waals surface area contributed by atoms with Gasteiger partial charge in [0, 0.05) is 18.0 Å². The third kappa shape index (κ3) is 3.41. The van der Waals surface area contributed by atoms with Gasteiger partial charge in [0.25, 0.3) is 0 Å². The van der Waals surface area contributed by atoms with Gasteiger partial charge in [0.05, 0.1) is 5.41 Å². The number of hydrogen-bond acceptors (Lipinski definition) is 6. The molecule has 4 fully saturated rings. The molecule has 0 aliphatic heterocycles. The molecule has 4 aliphatic rings. The van der Waals surface area contributed by atoms with Gasteiger partial charge in [-0.05, 0) is 98.4 Å². The molecule has 2 heterocycles. The van der Waals surface area contributed by atoms with Crippen molar-refractivity contribution in [3.8, 4) is 11.4 Å². The quantitative estimate of drug-likeness (QED) is 0.554. The van der Waals surface area contributed by atoms with Crippen LogP contribution in [0.3, 0.4) is 0 Å². The van der Waals surface area contributed by atoms with Crippen LogP contribution in [-0.2, 0) is 10.2 Å². The van der Waals surface area contributed by atoms with E-state index in [-0.39, 0.29) is 22.8 Å². The number of nitrogens with zero attached hydrogens (tertiary/aromatic N) is 3. The number of nitrogens with one attached hydrogen (secondary N) is 2. The number of benzene rings is 1. The Hall–Kier alpha value is -3.22. The van der Waals surface area contributed by atoms with E-state index in [1.165, 1.54) is 36.0 Å². The molecule has 2 aromatic heterocycles. The van der Waals surface area contributed by atoms with Gasteiger partial charge in [-0.25, -0.2) is 5.43 Å². The molecule has 1 aromatic carbocycles. The predicted molar refractivity (Wildman–Crippen MR) is 124 cm³/mol. The molecule has 170 valence electrons. The molecule has 7 rings (SSSR count). The minimum absolute atomic E-state index is 0.0472.